The lowest BCUT2D eigenvalue weighted by atomic mass is 9.97. The number of rotatable bonds is 23. The molecule has 254 valence electrons. The summed E-state index contributed by atoms with van der Waals surface area (Å²) in [6.45, 7) is 10.6. The molecule has 0 aliphatic carbocycles. The molecule has 6 heteroatoms. The predicted molar refractivity (Wildman–Crippen MR) is 196 cm³/mol. The van der Waals surface area contributed by atoms with Gasteiger partial charge < -0.3 is 0 Å². The van der Waals surface area contributed by atoms with E-state index in [0.29, 0.717) is 5.69 Å². The Kier molecular flexibility index (Phi) is 18.3. The highest BCUT2D eigenvalue weighted by Gasteiger charge is 2.13. The molecule has 0 saturated carbocycles. The number of hydrogen-bond acceptors (Lipinski definition) is 6. The van der Waals surface area contributed by atoms with Crippen LogP contribution < -0.4 is 0 Å². The van der Waals surface area contributed by atoms with E-state index in [1.807, 2.05) is 36.4 Å². The third-order valence-electron chi connectivity index (χ3n) is 7.96. The van der Waals surface area contributed by atoms with Crippen molar-refractivity contribution >= 4 is 45.9 Å². The van der Waals surface area contributed by atoms with Gasteiger partial charge in [-0.25, -0.2) is 4.99 Å². The summed E-state index contributed by atoms with van der Waals surface area (Å²) in [4.78, 5) is 58.2. The normalized spacial score (nSPS) is 12.1. The minimum absolute atomic E-state index is 0.0329. The molecular weight excluding hydrogens is 584 g/mol. The van der Waals surface area contributed by atoms with E-state index in [4.69, 9.17) is 9.98 Å². The van der Waals surface area contributed by atoms with Crippen LogP contribution in [-0.4, -0.2) is 34.6 Å². The number of carbonyl (C=O) groups is 4. The topological polar surface area (TPSA) is 93.0 Å². The first-order valence-electron chi connectivity index (χ1n) is 17.6. The summed E-state index contributed by atoms with van der Waals surface area (Å²) in [7, 11) is 0. The minimum atomic E-state index is 0.0329. The molecule has 0 radical (unpaired) electrons. The number of allylic oxidation sites excluding steroid dienone is 2. The first-order chi connectivity index (χ1) is 22.5. The summed E-state index contributed by atoms with van der Waals surface area (Å²) < 4.78 is 0. The van der Waals surface area contributed by atoms with Gasteiger partial charge in [0.25, 0.3) is 0 Å². The van der Waals surface area contributed by atoms with Crippen molar-refractivity contribution in [3.8, 4) is 0 Å². The van der Waals surface area contributed by atoms with E-state index in [2.05, 4.69) is 26.0 Å². The Balaban J connectivity index is 2.58. The Bertz CT molecular complexity index is 1450. The maximum Gasteiger partial charge on any atom is 0.134 e. The molecule has 0 amide bonds. The zero-order valence-corrected chi connectivity index (χ0v) is 29.8. The average Bonchev–Trinajstić information content (AvgIpc) is 2.99. The summed E-state index contributed by atoms with van der Waals surface area (Å²) in [6, 6.07) is 11.5. The maximum absolute atomic E-state index is 12.1. The Morgan fingerprint density at radius 2 is 1.00 bits per heavy atom. The highest BCUT2D eigenvalue weighted by Crippen LogP contribution is 2.24. The smallest absolute Gasteiger partial charge is 0.134 e. The van der Waals surface area contributed by atoms with Crippen LogP contribution in [0.4, 0.5) is 11.4 Å². The zero-order valence-electron chi connectivity index (χ0n) is 29.8. The molecule has 2 aromatic rings. The molecule has 0 unspecified atom stereocenters. The molecule has 0 aliphatic heterocycles. The van der Waals surface area contributed by atoms with Gasteiger partial charge in [-0.1, -0.05) is 77.0 Å². The van der Waals surface area contributed by atoms with Crippen molar-refractivity contribution in [3.63, 3.8) is 0 Å². The molecule has 0 aromatic heterocycles. The number of hydrogen-bond donors (Lipinski definition) is 0. The number of unbranched alkanes of at least 4 members (excludes halogenated alkanes) is 8. The van der Waals surface area contributed by atoms with Crippen molar-refractivity contribution in [2.45, 2.75) is 138 Å². The van der Waals surface area contributed by atoms with Crippen LogP contribution in [0.5, 0.6) is 0 Å². The molecule has 0 N–H and O–H groups in total. The van der Waals surface area contributed by atoms with Crippen LogP contribution >= 0.6 is 0 Å². The molecule has 0 atom stereocenters. The highest BCUT2D eigenvalue weighted by molar-refractivity contribution is 6.47. The molecular formula is C41H56N2O4. The fourth-order valence-electron chi connectivity index (χ4n) is 5.60. The van der Waals surface area contributed by atoms with Gasteiger partial charge in [0.15, 0.2) is 0 Å². The van der Waals surface area contributed by atoms with Gasteiger partial charge in [-0.2, -0.15) is 0 Å². The van der Waals surface area contributed by atoms with Crippen LogP contribution in [0.15, 0.2) is 58.5 Å². The standard InChI is InChI=1S/C41H56N2O4/c1-7-9-11-12-13-14-15-16-17-19-41(43-39-23-21-35(25-31(4)45)37(29-39)27-33(6)47)40(18-10-8-2)42-38-22-20-34(24-30(3)44)36(28-38)26-32(5)46/h17,19-23,28-29H,7-16,18,24-27H2,1-6H3/b19-17+,42-40?,43-41?. The van der Waals surface area contributed by atoms with Gasteiger partial charge in [-0.15, -0.1) is 0 Å². The largest absolute Gasteiger partial charge is 0.300 e. The number of benzene rings is 2. The van der Waals surface area contributed by atoms with E-state index in [9.17, 15) is 19.2 Å². The van der Waals surface area contributed by atoms with E-state index < -0.39 is 0 Å². The Morgan fingerprint density at radius 3 is 1.49 bits per heavy atom. The highest BCUT2D eigenvalue weighted by atomic mass is 16.1. The number of Topliss-reactive ketones (excluding diaryl/α,β-unsaturated/α-hetero) is 4. The summed E-state index contributed by atoms with van der Waals surface area (Å²) >= 11 is 0. The number of nitrogens with zero attached hydrogens (tertiary/aromatic N) is 2. The third kappa shape index (κ3) is 16.0. The van der Waals surface area contributed by atoms with E-state index in [0.717, 1.165) is 71.5 Å². The Labute approximate surface area is 283 Å². The second-order valence-corrected chi connectivity index (χ2v) is 12.9. The second-order valence-electron chi connectivity index (χ2n) is 12.9. The lowest BCUT2D eigenvalue weighted by molar-refractivity contribution is -0.117. The van der Waals surface area contributed by atoms with Crippen molar-refractivity contribution in [2.75, 3.05) is 0 Å². The van der Waals surface area contributed by atoms with E-state index >= 15 is 0 Å². The molecule has 0 bridgehead atoms. The fourth-order valence-corrected chi connectivity index (χ4v) is 5.60. The summed E-state index contributed by atoms with van der Waals surface area (Å²) in [5.74, 6) is 0.166. The molecule has 0 fully saturated rings. The van der Waals surface area contributed by atoms with Gasteiger partial charge >= 0.3 is 0 Å². The molecule has 0 heterocycles. The fraction of sp³-hybridized carbons (Fsp3) is 0.512. The minimum Gasteiger partial charge on any atom is -0.300 e. The van der Waals surface area contributed by atoms with Crippen LogP contribution in [0.2, 0.25) is 0 Å². The molecule has 2 rings (SSSR count). The number of ketones is 4. The Morgan fingerprint density at radius 1 is 0.553 bits per heavy atom. The van der Waals surface area contributed by atoms with Crippen LogP contribution in [0.3, 0.4) is 0 Å². The monoisotopic (exact) mass is 640 g/mol. The van der Waals surface area contributed by atoms with E-state index in [1.54, 1.807) is 27.7 Å². The lowest BCUT2D eigenvalue weighted by Crippen LogP contribution is -2.12. The van der Waals surface area contributed by atoms with Crippen molar-refractivity contribution < 1.29 is 19.2 Å². The summed E-state index contributed by atoms with van der Waals surface area (Å²) in [5, 5.41) is 0. The van der Waals surface area contributed by atoms with Crippen molar-refractivity contribution in [1.82, 2.24) is 0 Å². The molecule has 2 aromatic carbocycles. The van der Waals surface area contributed by atoms with Crippen molar-refractivity contribution in [2.24, 2.45) is 9.98 Å². The molecule has 0 spiro atoms. The Hall–Kier alpha value is -3.80. The van der Waals surface area contributed by atoms with Crippen LogP contribution in [0.25, 0.3) is 0 Å². The van der Waals surface area contributed by atoms with Crippen molar-refractivity contribution in [1.29, 1.82) is 0 Å². The van der Waals surface area contributed by atoms with Crippen LogP contribution in [0.1, 0.15) is 134 Å². The molecule has 0 aliphatic rings. The predicted octanol–water partition coefficient (Wildman–Crippen LogP) is 9.94. The van der Waals surface area contributed by atoms with Crippen LogP contribution in [0, 0.1) is 0 Å². The number of carbonyl (C=O) groups excluding carboxylic acids is 4. The van der Waals surface area contributed by atoms with Gasteiger partial charge in [-0.05, 0) is 106 Å². The summed E-state index contributed by atoms with van der Waals surface area (Å²) in [5.41, 5.74) is 6.39. The molecule has 47 heavy (non-hydrogen) atoms. The zero-order chi connectivity index (χ0) is 34.6. The average molecular weight is 641 g/mol. The third-order valence-corrected chi connectivity index (χ3v) is 7.96. The second kappa shape index (κ2) is 21.9. The van der Waals surface area contributed by atoms with Gasteiger partial charge in [0.1, 0.15) is 23.1 Å². The van der Waals surface area contributed by atoms with Gasteiger partial charge in [-0.3, -0.25) is 24.2 Å². The lowest BCUT2D eigenvalue weighted by Gasteiger charge is -2.12. The van der Waals surface area contributed by atoms with E-state index in [-0.39, 0.29) is 48.8 Å². The first kappa shape index (κ1) is 39.4. The first-order valence-corrected chi connectivity index (χ1v) is 17.6. The maximum atomic E-state index is 12.1. The quantitative estimate of drug-likeness (QED) is 0.0892. The van der Waals surface area contributed by atoms with E-state index in [1.165, 1.54) is 38.5 Å². The SMILES string of the molecule is CCCCCCCCC/C=C/C(=Nc1ccc(CC(C)=O)c(CC(C)=O)c1)C(CCCC)=Nc1ccc(CC(C)=O)c(CC(C)=O)c1. The van der Waals surface area contributed by atoms with Crippen molar-refractivity contribution in [3.05, 3.63) is 70.8 Å². The van der Waals surface area contributed by atoms with Gasteiger partial charge in [0.2, 0.25) is 0 Å². The molecule has 6 nitrogen and oxygen atoms in total. The van der Waals surface area contributed by atoms with Gasteiger partial charge in [0.05, 0.1) is 22.8 Å². The van der Waals surface area contributed by atoms with Gasteiger partial charge in [0, 0.05) is 25.7 Å². The number of aliphatic imine (C=N–C) groups is 2. The van der Waals surface area contributed by atoms with Crippen LogP contribution in [-0.2, 0) is 44.9 Å². The summed E-state index contributed by atoms with van der Waals surface area (Å²) in [6.07, 6.45) is 17.6. The molecule has 0 saturated heterocycles.